The first-order valence-corrected chi connectivity index (χ1v) is 11.4. The van der Waals surface area contributed by atoms with E-state index in [-0.39, 0.29) is 11.9 Å². The Morgan fingerprint density at radius 1 is 1.27 bits per heavy atom. The van der Waals surface area contributed by atoms with Gasteiger partial charge in [-0.2, -0.15) is 4.98 Å². The van der Waals surface area contributed by atoms with E-state index in [0.29, 0.717) is 29.8 Å². The van der Waals surface area contributed by atoms with Crippen LogP contribution in [0.2, 0.25) is 0 Å². The van der Waals surface area contributed by atoms with Crippen molar-refractivity contribution in [3.63, 3.8) is 0 Å². The van der Waals surface area contributed by atoms with Crippen LogP contribution in [-0.2, 0) is 4.74 Å². The summed E-state index contributed by atoms with van der Waals surface area (Å²) in [4.78, 5) is 19.2. The van der Waals surface area contributed by atoms with E-state index in [0.717, 1.165) is 53.8 Å². The molecule has 0 unspecified atom stereocenters. The quantitative estimate of drug-likeness (QED) is 0.459. The van der Waals surface area contributed by atoms with Gasteiger partial charge in [0.2, 0.25) is 5.95 Å². The Hall–Kier alpha value is -3.04. The molecule has 5 rings (SSSR count). The van der Waals surface area contributed by atoms with Gasteiger partial charge in [-0.25, -0.2) is 14.4 Å². The summed E-state index contributed by atoms with van der Waals surface area (Å²) >= 11 is 0. The molecule has 0 saturated carbocycles. The van der Waals surface area contributed by atoms with Crippen molar-refractivity contribution >= 4 is 28.0 Å². The van der Waals surface area contributed by atoms with Gasteiger partial charge in [0.05, 0.1) is 12.1 Å². The Kier molecular flexibility index (Phi) is 5.76. The summed E-state index contributed by atoms with van der Waals surface area (Å²) in [5, 5.41) is 4.07. The highest BCUT2D eigenvalue weighted by atomic mass is 19.1. The van der Waals surface area contributed by atoms with Gasteiger partial charge in [0.1, 0.15) is 17.0 Å². The van der Waals surface area contributed by atoms with Gasteiger partial charge < -0.3 is 24.5 Å². The van der Waals surface area contributed by atoms with E-state index in [9.17, 15) is 0 Å². The van der Waals surface area contributed by atoms with Crippen LogP contribution in [0.15, 0.2) is 24.5 Å². The number of rotatable bonds is 6. The molecule has 33 heavy (non-hydrogen) atoms. The molecule has 9 heteroatoms. The number of imidazole rings is 1. The number of aryl methyl sites for hydroxylation is 1. The second kappa shape index (κ2) is 8.72. The number of aromatic amines is 1. The zero-order valence-electron chi connectivity index (χ0n) is 19.5. The Morgan fingerprint density at radius 2 is 2.06 bits per heavy atom. The molecule has 0 aliphatic carbocycles. The highest BCUT2D eigenvalue weighted by Crippen LogP contribution is 2.35. The number of hydrogen-bond donors (Lipinski definition) is 2. The monoisotopic (exact) mass is 451 g/mol. The Balaban J connectivity index is 1.54. The van der Waals surface area contributed by atoms with E-state index in [1.807, 2.05) is 26.1 Å². The molecule has 0 radical (unpaired) electrons. The summed E-state index contributed by atoms with van der Waals surface area (Å²) in [5.41, 5.74) is 3.64. The Morgan fingerprint density at radius 3 is 2.82 bits per heavy atom. The third-order valence-corrected chi connectivity index (χ3v) is 6.51. The molecule has 1 atom stereocenters. The lowest BCUT2D eigenvalue weighted by atomic mass is 10.0. The van der Waals surface area contributed by atoms with E-state index in [4.69, 9.17) is 4.74 Å². The zero-order chi connectivity index (χ0) is 23.1. The molecule has 1 aromatic carbocycles. The van der Waals surface area contributed by atoms with Gasteiger partial charge in [-0.3, -0.25) is 0 Å². The molecule has 2 N–H and O–H groups in total. The van der Waals surface area contributed by atoms with E-state index in [1.54, 1.807) is 19.4 Å². The Bertz CT molecular complexity index is 1290. The van der Waals surface area contributed by atoms with Gasteiger partial charge >= 0.3 is 0 Å². The standard InChI is InChI=1S/C24H30FN7O/c1-14(13-33-4)28-24-27-12-19-18(11-26-23(19)30-24)16-9-20(25)22-21(10-16)32(15(2)29-22)17-5-7-31(3)8-6-17/h9-12,14,17H,5-8,13H2,1-4H3,(H2,26,27,28,30)/t14-/m0/s1. The molecule has 174 valence electrons. The van der Waals surface area contributed by atoms with Crippen LogP contribution >= 0.6 is 0 Å². The molecule has 4 aromatic rings. The third kappa shape index (κ3) is 4.06. The predicted octanol–water partition coefficient (Wildman–Crippen LogP) is 4.14. The van der Waals surface area contributed by atoms with Crippen molar-refractivity contribution in [2.75, 3.05) is 39.2 Å². The fourth-order valence-electron chi connectivity index (χ4n) is 4.87. The predicted molar refractivity (Wildman–Crippen MR) is 128 cm³/mol. The topological polar surface area (TPSA) is 83.9 Å². The summed E-state index contributed by atoms with van der Waals surface area (Å²) < 4.78 is 22.6. The maximum atomic E-state index is 15.2. The van der Waals surface area contributed by atoms with Crippen molar-refractivity contribution in [3.05, 3.63) is 36.2 Å². The van der Waals surface area contributed by atoms with Crippen molar-refractivity contribution in [2.24, 2.45) is 0 Å². The summed E-state index contributed by atoms with van der Waals surface area (Å²) in [6, 6.07) is 4.02. The van der Waals surface area contributed by atoms with E-state index < -0.39 is 0 Å². The van der Waals surface area contributed by atoms with Crippen molar-refractivity contribution in [1.82, 2.24) is 29.4 Å². The van der Waals surface area contributed by atoms with Crippen LogP contribution in [0.25, 0.3) is 33.2 Å². The second-order valence-corrected chi connectivity index (χ2v) is 9.05. The SMILES string of the molecule is COC[C@H](C)Nc1ncc2c(-c3cc(F)c4nc(C)n(C5CCN(C)CC5)c4c3)c[nH]c2n1. The average molecular weight is 452 g/mol. The molecule has 1 fully saturated rings. The summed E-state index contributed by atoms with van der Waals surface area (Å²) in [6.45, 7) is 6.60. The van der Waals surface area contributed by atoms with Gasteiger partial charge in [0.25, 0.3) is 0 Å². The van der Waals surface area contributed by atoms with E-state index in [1.165, 1.54) is 0 Å². The molecule has 1 saturated heterocycles. The number of nitrogens with zero attached hydrogens (tertiary/aromatic N) is 5. The number of methoxy groups -OCH3 is 1. The van der Waals surface area contributed by atoms with Crippen LogP contribution in [0.1, 0.15) is 31.6 Å². The maximum absolute atomic E-state index is 15.2. The number of halogens is 1. The lowest BCUT2D eigenvalue weighted by Gasteiger charge is -2.30. The fraction of sp³-hybridized carbons (Fsp3) is 0.458. The maximum Gasteiger partial charge on any atom is 0.224 e. The van der Waals surface area contributed by atoms with Gasteiger partial charge in [-0.1, -0.05) is 0 Å². The smallest absolute Gasteiger partial charge is 0.224 e. The van der Waals surface area contributed by atoms with E-state index in [2.05, 4.69) is 41.8 Å². The number of fused-ring (bicyclic) bond motifs is 2. The third-order valence-electron chi connectivity index (χ3n) is 6.51. The van der Waals surface area contributed by atoms with Crippen molar-refractivity contribution in [3.8, 4) is 11.1 Å². The van der Waals surface area contributed by atoms with Crippen molar-refractivity contribution in [1.29, 1.82) is 0 Å². The lowest BCUT2D eigenvalue weighted by Crippen LogP contribution is -2.31. The first-order valence-electron chi connectivity index (χ1n) is 11.4. The molecule has 3 aromatic heterocycles. The number of likely N-dealkylation sites (tertiary alicyclic amines) is 1. The molecule has 1 aliphatic rings. The molecule has 0 spiro atoms. The lowest BCUT2D eigenvalue weighted by molar-refractivity contribution is 0.190. The van der Waals surface area contributed by atoms with Crippen LogP contribution in [-0.4, -0.2) is 69.3 Å². The first kappa shape index (κ1) is 21.8. The van der Waals surface area contributed by atoms with Crippen molar-refractivity contribution < 1.29 is 9.13 Å². The van der Waals surface area contributed by atoms with E-state index >= 15 is 4.39 Å². The molecule has 0 bridgehead atoms. The summed E-state index contributed by atoms with van der Waals surface area (Å²) in [6.07, 6.45) is 5.71. The van der Waals surface area contributed by atoms with Crippen molar-refractivity contribution in [2.45, 2.75) is 38.8 Å². The fourth-order valence-corrected chi connectivity index (χ4v) is 4.87. The second-order valence-electron chi connectivity index (χ2n) is 9.05. The molecule has 0 amide bonds. The number of hydrogen-bond acceptors (Lipinski definition) is 6. The van der Waals surface area contributed by atoms with Crippen LogP contribution in [0.4, 0.5) is 10.3 Å². The number of H-pyrrole nitrogens is 1. The van der Waals surface area contributed by atoms with Crippen LogP contribution in [0.3, 0.4) is 0 Å². The number of nitrogens with one attached hydrogen (secondary N) is 2. The highest BCUT2D eigenvalue weighted by molar-refractivity contribution is 5.96. The molecular weight excluding hydrogens is 421 g/mol. The number of benzene rings is 1. The molecular formula is C24H30FN7O. The minimum Gasteiger partial charge on any atom is -0.383 e. The summed E-state index contributed by atoms with van der Waals surface area (Å²) in [5.74, 6) is 1.08. The number of piperidine rings is 1. The van der Waals surface area contributed by atoms with Crippen LogP contribution in [0.5, 0.6) is 0 Å². The Labute approximate surface area is 192 Å². The summed E-state index contributed by atoms with van der Waals surface area (Å²) in [7, 11) is 3.81. The number of aromatic nitrogens is 5. The highest BCUT2D eigenvalue weighted by Gasteiger charge is 2.24. The molecule has 4 heterocycles. The zero-order valence-corrected chi connectivity index (χ0v) is 19.5. The van der Waals surface area contributed by atoms with Gasteiger partial charge in [-0.15, -0.1) is 0 Å². The first-order chi connectivity index (χ1) is 15.9. The largest absolute Gasteiger partial charge is 0.383 e. The average Bonchev–Trinajstić information content (AvgIpc) is 3.35. The molecule has 8 nitrogen and oxygen atoms in total. The number of ether oxygens (including phenoxy) is 1. The van der Waals surface area contributed by atoms with Gasteiger partial charge in [-0.05, 0) is 64.5 Å². The minimum atomic E-state index is -0.306. The number of anilines is 1. The van der Waals surface area contributed by atoms with Gasteiger partial charge in [0.15, 0.2) is 5.82 Å². The molecule has 1 aliphatic heterocycles. The normalized spacial score (nSPS) is 16.6. The minimum absolute atomic E-state index is 0.0847. The van der Waals surface area contributed by atoms with Gasteiger partial charge in [0, 0.05) is 42.5 Å². The van der Waals surface area contributed by atoms with Crippen LogP contribution in [0, 0.1) is 12.7 Å². The van der Waals surface area contributed by atoms with Crippen LogP contribution < -0.4 is 5.32 Å².